The number of nitrogens with zero attached hydrogens (tertiary/aromatic N) is 3. The summed E-state index contributed by atoms with van der Waals surface area (Å²) in [5.41, 5.74) is 7.37. The number of nitrogens with two attached hydrogens (primary N) is 1. The highest BCUT2D eigenvalue weighted by Crippen LogP contribution is 2.36. The van der Waals surface area contributed by atoms with Crippen molar-refractivity contribution in [2.24, 2.45) is 10.7 Å². The number of carboxylic acids is 2. The zero-order chi connectivity index (χ0) is 28.2. The van der Waals surface area contributed by atoms with Gasteiger partial charge in [0, 0.05) is 19.5 Å². The second-order valence-electron chi connectivity index (χ2n) is 10.1. The van der Waals surface area contributed by atoms with Crippen LogP contribution in [0.25, 0.3) is 11.1 Å². The molecule has 0 aromatic heterocycles. The van der Waals surface area contributed by atoms with Crippen molar-refractivity contribution in [2.75, 3.05) is 13.1 Å². The third-order valence-electron chi connectivity index (χ3n) is 7.43. The number of aliphatic carboxylic acids is 1. The number of benzene rings is 2. The van der Waals surface area contributed by atoms with E-state index in [4.69, 9.17) is 15.8 Å². The van der Waals surface area contributed by atoms with Crippen molar-refractivity contribution >= 4 is 29.6 Å². The topological polar surface area (TPSA) is 154 Å². The Morgan fingerprint density at radius 2 is 1.72 bits per heavy atom. The number of piperidine rings is 1. The molecule has 2 aliphatic heterocycles. The molecule has 0 saturated carbocycles. The monoisotopic (exact) mass is 534 g/mol. The number of likely N-dealkylation sites (tertiary alicyclic amines) is 1. The zero-order valence-corrected chi connectivity index (χ0v) is 22.0. The van der Waals surface area contributed by atoms with Crippen LogP contribution in [0, 0.1) is 0 Å². The second-order valence-corrected chi connectivity index (χ2v) is 10.1. The predicted molar refractivity (Wildman–Crippen MR) is 145 cm³/mol. The zero-order valence-electron chi connectivity index (χ0n) is 22.0. The fourth-order valence-corrected chi connectivity index (χ4v) is 5.24. The Bertz CT molecular complexity index is 1280. The van der Waals surface area contributed by atoms with E-state index in [1.54, 1.807) is 29.2 Å². The molecule has 206 valence electrons. The lowest BCUT2D eigenvalue weighted by atomic mass is 9.87. The third kappa shape index (κ3) is 6.01. The van der Waals surface area contributed by atoms with Gasteiger partial charge in [-0.2, -0.15) is 0 Å². The summed E-state index contributed by atoms with van der Waals surface area (Å²) in [6.07, 6.45) is 2.78. The van der Waals surface area contributed by atoms with Crippen molar-refractivity contribution in [2.45, 2.75) is 63.6 Å². The van der Waals surface area contributed by atoms with Crippen LogP contribution in [0.5, 0.6) is 0 Å². The molecule has 0 unspecified atom stereocenters. The molecule has 1 atom stereocenters. The van der Waals surface area contributed by atoms with Gasteiger partial charge in [0.05, 0.1) is 24.6 Å². The number of carboxylic acid groups (broad SMARTS) is 2. The number of carbonyl (C=O) groups is 4. The van der Waals surface area contributed by atoms with Crippen molar-refractivity contribution in [1.82, 2.24) is 9.80 Å². The van der Waals surface area contributed by atoms with Crippen LogP contribution in [-0.4, -0.2) is 74.3 Å². The summed E-state index contributed by atoms with van der Waals surface area (Å²) in [4.78, 5) is 57.1. The van der Waals surface area contributed by atoms with Crippen LogP contribution < -0.4 is 5.73 Å². The van der Waals surface area contributed by atoms with Gasteiger partial charge in [-0.3, -0.25) is 24.3 Å². The lowest BCUT2D eigenvalue weighted by Crippen LogP contribution is -2.54. The molecular weight excluding hydrogens is 500 g/mol. The fraction of sp³-hybridized carbons (Fsp3) is 0.414. The van der Waals surface area contributed by atoms with Crippen molar-refractivity contribution in [1.29, 1.82) is 0 Å². The van der Waals surface area contributed by atoms with Gasteiger partial charge in [0.15, 0.2) is 0 Å². The third-order valence-corrected chi connectivity index (χ3v) is 7.43. The maximum Gasteiger partial charge on any atom is 0.336 e. The molecule has 4 N–H and O–H groups in total. The van der Waals surface area contributed by atoms with E-state index >= 15 is 0 Å². The first-order valence-electron chi connectivity index (χ1n) is 13.2. The molecule has 2 heterocycles. The Balaban J connectivity index is 1.49. The van der Waals surface area contributed by atoms with E-state index < -0.39 is 35.8 Å². The first-order chi connectivity index (χ1) is 18.6. The van der Waals surface area contributed by atoms with E-state index in [0.29, 0.717) is 31.4 Å². The molecular formula is C29H34N4O6. The van der Waals surface area contributed by atoms with Gasteiger partial charge in [-0.1, -0.05) is 55.8 Å². The number of carbonyl (C=O) groups excluding carboxylic acids is 2. The lowest BCUT2D eigenvalue weighted by Gasteiger charge is -2.37. The molecule has 4 rings (SSSR count). The largest absolute Gasteiger partial charge is 0.481 e. The molecule has 2 aromatic rings. The predicted octanol–water partition coefficient (Wildman–Crippen LogP) is 3.15. The van der Waals surface area contributed by atoms with E-state index in [-0.39, 0.29) is 24.6 Å². The van der Waals surface area contributed by atoms with E-state index in [9.17, 15) is 24.3 Å². The first-order valence-corrected chi connectivity index (χ1v) is 13.2. The van der Waals surface area contributed by atoms with Crippen LogP contribution in [0.4, 0.5) is 0 Å². The number of amidine groups is 1. The van der Waals surface area contributed by atoms with Crippen LogP contribution in [0.1, 0.15) is 61.4 Å². The number of aliphatic imine (C=N–C) groups is 1. The number of amides is 2. The molecule has 39 heavy (non-hydrogen) atoms. The molecule has 1 saturated heterocycles. The normalized spacial score (nSPS) is 17.3. The highest BCUT2D eigenvalue weighted by molar-refractivity contribution is 6.08. The summed E-state index contributed by atoms with van der Waals surface area (Å²) < 4.78 is 0. The molecule has 2 aliphatic rings. The van der Waals surface area contributed by atoms with Gasteiger partial charge in [0.2, 0.25) is 5.91 Å². The van der Waals surface area contributed by atoms with Gasteiger partial charge in [-0.25, -0.2) is 4.79 Å². The summed E-state index contributed by atoms with van der Waals surface area (Å²) in [5, 5.41) is 18.5. The number of hydrogen-bond donors (Lipinski definition) is 3. The van der Waals surface area contributed by atoms with Crippen LogP contribution in [0.3, 0.4) is 0 Å². The number of hydrogen-bond acceptors (Lipinski definition) is 6. The van der Waals surface area contributed by atoms with Gasteiger partial charge in [0.25, 0.3) is 5.91 Å². The Labute approximate surface area is 227 Å². The van der Waals surface area contributed by atoms with Crippen LogP contribution >= 0.6 is 0 Å². The second kappa shape index (κ2) is 11.8. The SMILES string of the molecule is CCCCC1=NC2(CCN(C(=O)[C@@H](N)CC(=O)O)CC2)C(=O)N1Cc1ccc(-c2ccccc2C(=O)O)cc1. The summed E-state index contributed by atoms with van der Waals surface area (Å²) in [6, 6.07) is 13.2. The molecule has 2 aromatic carbocycles. The molecule has 10 heteroatoms. The average Bonchev–Trinajstić information content (AvgIpc) is 3.17. The van der Waals surface area contributed by atoms with Crippen LogP contribution in [0.15, 0.2) is 53.5 Å². The van der Waals surface area contributed by atoms with Crippen LogP contribution in [0.2, 0.25) is 0 Å². The molecule has 2 amide bonds. The number of aromatic carboxylic acids is 1. The van der Waals surface area contributed by atoms with Gasteiger partial charge in [-0.05, 0) is 42.0 Å². The summed E-state index contributed by atoms with van der Waals surface area (Å²) in [6.45, 7) is 2.99. The minimum Gasteiger partial charge on any atom is -0.481 e. The van der Waals surface area contributed by atoms with E-state index in [1.165, 1.54) is 4.90 Å². The minimum atomic E-state index is -1.13. The first kappa shape index (κ1) is 28.0. The molecule has 1 spiro atoms. The Hall–Kier alpha value is -4.05. The van der Waals surface area contributed by atoms with E-state index in [0.717, 1.165) is 29.8 Å². The Kier molecular flexibility index (Phi) is 8.44. The number of unbranched alkanes of at least 4 members (excludes halogenated alkanes) is 1. The molecule has 0 bridgehead atoms. The van der Waals surface area contributed by atoms with Crippen molar-refractivity contribution < 1.29 is 29.4 Å². The van der Waals surface area contributed by atoms with Crippen molar-refractivity contribution in [3.05, 3.63) is 59.7 Å². The molecule has 0 aliphatic carbocycles. The van der Waals surface area contributed by atoms with Gasteiger partial charge < -0.3 is 20.8 Å². The fourth-order valence-electron chi connectivity index (χ4n) is 5.24. The van der Waals surface area contributed by atoms with Gasteiger partial charge in [-0.15, -0.1) is 0 Å². The van der Waals surface area contributed by atoms with Crippen molar-refractivity contribution in [3.63, 3.8) is 0 Å². The minimum absolute atomic E-state index is 0.0872. The van der Waals surface area contributed by atoms with Crippen molar-refractivity contribution in [3.8, 4) is 11.1 Å². The number of rotatable bonds is 10. The highest BCUT2D eigenvalue weighted by Gasteiger charge is 2.50. The summed E-state index contributed by atoms with van der Waals surface area (Å²) >= 11 is 0. The maximum absolute atomic E-state index is 13.8. The average molecular weight is 535 g/mol. The summed E-state index contributed by atoms with van der Waals surface area (Å²) in [7, 11) is 0. The smallest absolute Gasteiger partial charge is 0.336 e. The van der Waals surface area contributed by atoms with E-state index in [2.05, 4.69) is 6.92 Å². The molecule has 0 radical (unpaired) electrons. The quantitative estimate of drug-likeness (QED) is 0.423. The van der Waals surface area contributed by atoms with Gasteiger partial charge >= 0.3 is 11.9 Å². The van der Waals surface area contributed by atoms with Crippen LogP contribution in [-0.2, 0) is 20.9 Å². The van der Waals surface area contributed by atoms with E-state index in [1.807, 2.05) is 24.3 Å². The highest BCUT2D eigenvalue weighted by atomic mass is 16.4. The Morgan fingerprint density at radius 3 is 2.33 bits per heavy atom. The Morgan fingerprint density at radius 1 is 1.05 bits per heavy atom. The van der Waals surface area contributed by atoms with Gasteiger partial charge in [0.1, 0.15) is 11.4 Å². The summed E-state index contributed by atoms with van der Waals surface area (Å²) in [5.74, 6) is -1.89. The lowest BCUT2D eigenvalue weighted by molar-refractivity contribution is -0.143. The standard InChI is InChI=1S/C29H34N4O6/c1-2-3-8-24-31-29(13-15-32(16-14-29)26(36)23(30)17-25(34)35)28(39)33(24)18-19-9-11-20(12-10-19)21-6-4-5-7-22(21)27(37)38/h4-7,9-12,23H,2-3,8,13-18,30H2,1H3,(H,34,35)(H,37,38)/t23-/m0/s1. The molecule has 1 fully saturated rings. The molecule has 10 nitrogen and oxygen atoms in total. The maximum atomic E-state index is 13.8.